The van der Waals surface area contributed by atoms with E-state index in [-0.39, 0.29) is 19.3 Å². The molecule has 0 aliphatic heterocycles. The maximum Gasteiger partial charge on any atom is 0.185 e. The normalized spacial score (nSPS) is 11.7. The van der Waals surface area contributed by atoms with Gasteiger partial charge in [-0.15, -0.1) is 0 Å². The Labute approximate surface area is 159 Å². The zero-order valence-electron chi connectivity index (χ0n) is 16.4. The van der Waals surface area contributed by atoms with Gasteiger partial charge in [0.2, 0.25) is 0 Å². The van der Waals surface area contributed by atoms with Crippen molar-refractivity contribution in [2.75, 3.05) is 26.1 Å². The van der Waals surface area contributed by atoms with Crippen molar-refractivity contribution in [1.82, 2.24) is 15.0 Å². The van der Waals surface area contributed by atoms with Gasteiger partial charge in [0.05, 0.1) is 20.4 Å². The fourth-order valence-electron chi connectivity index (χ4n) is 2.75. The molecule has 0 radical (unpaired) electrons. The van der Waals surface area contributed by atoms with Gasteiger partial charge in [0.25, 0.3) is 0 Å². The second kappa shape index (κ2) is 10.5. The number of aromatic nitrogens is 3. The second-order valence-corrected chi connectivity index (χ2v) is 6.05. The van der Waals surface area contributed by atoms with E-state index >= 15 is 0 Å². The van der Waals surface area contributed by atoms with Crippen molar-refractivity contribution in [2.24, 2.45) is 0 Å². The highest BCUT2D eigenvalue weighted by Crippen LogP contribution is 2.31. The van der Waals surface area contributed by atoms with Gasteiger partial charge in [0, 0.05) is 24.9 Å². The number of pyridine rings is 1. The molecule has 0 saturated carbocycles. The van der Waals surface area contributed by atoms with Crippen LogP contribution in [0.4, 0.5) is 5.82 Å². The number of aliphatic hydroxyl groups excluding tert-OH is 1. The Morgan fingerprint density at radius 3 is 2.63 bits per heavy atom. The summed E-state index contributed by atoms with van der Waals surface area (Å²) in [7, 11) is 3.14. The van der Waals surface area contributed by atoms with Gasteiger partial charge in [-0.1, -0.05) is 13.3 Å². The first-order valence-electron chi connectivity index (χ1n) is 9.02. The molecule has 2 aromatic heterocycles. The standard InChI is InChI=1S/C19H28N4O4/c1-5-6-14(8-10-24)23-19-17(11-21-13(2)22-19)27-12-15-18(26-4)16(25-3)7-9-20-15/h7,9,11,14,24H,5-6,8,10,12H2,1-4H3,(H,21,22,23)/t14-/m0/s1. The van der Waals surface area contributed by atoms with Crippen LogP contribution in [0.25, 0.3) is 0 Å². The molecule has 2 N–H and O–H groups in total. The van der Waals surface area contributed by atoms with Crippen LogP contribution in [0.1, 0.15) is 37.7 Å². The summed E-state index contributed by atoms with van der Waals surface area (Å²) in [6.45, 7) is 4.22. The third kappa shape index (κ3) is 5.68. The van der Waals surface area contributed by atoms with Gasteiger partial charge in [0.15, 0.2) is 23.1 Å². The van der Waals surface area contributed by atoms with Crippen molar-refractivity contribution in [2.45, 2.75) is 45.8 Å². The lowest BCUT2D eigenvalue weighted by Gasteiger charge is -2.20. The lowest BCUT2D eigenvalue weighted by atomic mass is 10.1. The van der Waals surface area contributed by atoms with E-state index in [1.165, 1.54) is 0 Å². The van der Waals surface area contributed by atoms with Gasteiger partial charge in [-0.2, -0.15) is 0 Å². The highest BCUT2D eigenvalue weighted by molar-refractivity contribution is 5.50. The molecule has 2 heterocycles. The minimum absolute atomic E-state index is 0.112. The number of nitrogens with one attached hydrogen (secondary N) is 1. The molecular weight excluding hydrogens is 348 g/mol. The predicted molar refractivity (Wildman–Crippen MR) is 102 cm³/mol. The largest absolute Gasteiger partial charge is 0.493 e. The molecule has 0 amide bonds. The van der Waals surface area contributed by atoms with Gasteiger partial charge in [-0.3, -0.25) is 4.98 Å². The van der Waals surface area contributed by atoms with Crippen molar-refractivity contribution in [3.8, 4) is 17.2 Å². The molecule has 8 nitrogen and oxygen atoms in total. The van der Waals surface area contributed by atoms with Gasteiger partial charge < -0.3 is 24.6 Å². The lowest BCUT2D eigenvalue weighted by molar-refractivity contribution is 0.274. The van der Waals surface area contributed by atoms with Crippen LogP contribution in [0.15, 0.2) is 18.5 Å². The Balaban J connectivity index is 2.19. The van der Waals surface area contributed by atoms with E-state index in [2.05, 4.69) is 27.2 Å². The molecule has 2 aromatic rings. The van der Waals surface area contributed by atoms with Crippen LogP contribution in [0.2, 0.25) is 0 Å². The van der Waals surface area contributed by atoms with Crippen molar-refractivity contribution in [3.05, 3.63) is 30.0 Å². The predicted octanol–water partition coefficient (Wildman–Crippen LogP) is 2.74. The van der Waals surface area contributed by atoms with Crippen molar-refractivity contribution in [3.63, 3.8) is 0 Å². The summed E-state index contributed by atoms with van der Waals surface area (Å²) in [5.74, 6) is 2.89. The highest BCUT2D eigenvalue weighted by Gasteiger charge is 2.16. The summed E-state index contributed by atoms with van der Waals surface area (Å²) in [5.41, 5.74) is 0.615. The van der Waals surface area contributed by atoms with E-state index < -0.39 is 0 Å². The SMILES string of the molecule is CCC[C@@H](CCO)Nc1nc(C)ncc1OCc1nccc(OC)c1OC. The molecule has 1 atom stereocenters. The fourth-order valence-corrected chi connectivity index (χ4v) is 2.75. The molecule has 0 unspecified atom stereocenters. The summed E-state index contributed by atoms with van der Waals surface area (Å²) in [5, 5.41) is 12.7. The van der Waals surface area contributed by atoms with Crippen LogP contribution < -0.4 is 19.5 Å². The van der Waals surface area contributed by atoms with Gasteiger partial charge in [-0.05, 0) is 19.8 Å². The zero-order chi connectivity index (χ0) is 19.6. The minimum atomic E-state index is 0.112. The molecule has 27 heavy (non-hydrogen) atoms. The molecular formula is C19H28N4O4. The lowest BCUT2D eigenvalue weighted by Crippen LogP contribution is -2.22. The number of aliphatic hydroxyl groups is 1. The van der Waals surface area contributed by atoms with E-state index in [0.29, 0.717) is 41.0 Å². The van der Waals surface area contributed by atoms with E-state index in [9.17, 15) is 5.11 Å². The highest BCUT2D eigenvalue weighted by atomic mass is 16.5. The van der Waals surface area contributed by atoms with Crippen LogP contribution >= 0.6 is 0 Å². The molecule has 8 heteroatoms. The molecule has 0 aromatic carbocycles. The summed E-state index contributed by atoms with van der Waals surface area (Å²) in [6.07, 6.45) is 5.85. The summed E-state index contributed by atoms with van der Waals surface area (Å²) >= 11 is 0. The quantitative estimate of drug-likeness (QED) is 0.618. The van der Waals surface area contributed by atoms with Crippen LogP contribution in [0.5, 0.6) is 17.2 Å². The number of anilines is 1. The van der Waals surface area contributed by atoms with Crippen molar-refractivity contribution < 1.29 is 19.3 Å². The Hall–Kier alpha value is -2.61. The molecule has 0 spiro atoms. The average Bonchev–Trinajstić information content (AvgIpc) is 2.67. The number of nitrogens with zero attached hydrogens (tertiary/aromatic N) is 3. The fraction of sp³-hybridized carbons (Fsp3) is 0.526. The van der Waals surface area contributed by atoms with Gasteiger partial charge in [0.1, 0.15) is 18.1 Å². The number of hydrogen-bond acceptors (Lipinski definition) is 8. The number of aryl methyl sites for hydroxylation is 1. The van der Waals surface area contributed by atoms with Crippen molar-refractivity contribution in [1.29, 1.82) is 0 Å². The number of rotatable bonds is 11. The smallest absolute Gasteiger partial charge is 0.185 e. The molecule has 148 valence electrons. The topological polar surface area (TPSA) is 98.6 Å². The molecule has 0 bridgehead atoms. The molecule has 2 rings (SSSR count). The monoisotopic (exact) mass is 376 g/mol. The number of hydrogen-bond donors (Lipinski definition) is 2. The Bertz CT molecular complexity index is 721. The van der Waals surface area contributed by atoms with Gasteiger partial charge in [-0.25, -0.2) is 9.97 Å². The number of ether oxygens (including phenoxy) is 3. The second-order valence-electron chi connectivity index (χ2n) is 6.05. The van der Waals surface area contributed by atoms with Crippen LogP contribution in [0, 0.1) is 6.92 Å². The summed E-state index contributed by atoms with van der Waals surface area (Å²) in [4.78, 5) is 13.0. The van der Waals surface area contributed by atoms with E-state index in [0.717, 1.165) is 12.8 Å². The molecule has 0 aliphatic rings. The summed E-state index contributed by atoms with van der Waals surface area (Å²) < 4.78 is 16.6. The van der Waals surface area contributed by atoms with E-state index in [1.54, 1.807) is 32.7 Å². The van der Waals surface area contributed by atoms with E-state index in [4.69, 9.17) is 14.2 Å². The molecule has 0 saturated heterocycles. The Kier molecular flexibility index (Phi) is 8.06. The minimum Gasteiger partial charge on any atom is -0.493 e. The first kappa shape index (κ1) is 20.7. The molecule has 0 fully saturated rings. The molecule has 0 aliphatic carbocycles. The Morgan fingerprint density at radius 2 is 1.96 bits per heavy atom. The third-order valence-electron chi connectivity index (χ3n) is 4.06. The van der Waals surface area contributed by atoms with Gasteiger partial charge >= 0.3 is 0 Å². The maximum absolute atomic E-state index is 9.29. The van der Waals surface area contributed by atoms with Crippen LogP contribution in [0.3, 0.4) is 0 Å². The first-order valence-corrected chi connectivity index (χ1v) is 9.02. The first-order chi connectivity index (χ1) is 13.1. The third-order valence-corrected chi connectivity index (χ3v) is 4.06. The van der Waals surface area contributed by atoms with Crippen LogP contribution in [-0.2, 0) is 6.61 Å². The maximum atomic E-state index is 9.29. The number of methoxy groups -OCH3 is 2. The average molecular weight is 376 g/mol. The Morgan fingerprint density at radius 1 is 1.15 bits per heavy atom. The summed E-state index contributed by atoms with van der Waals surface area (Å²) in [6, 6.07) is 1.84. The van der Waals surface area contributed by atoms with Crippen LogP contribution in [-0.4, -0.2) is 46.9 Å². The van der Waals surface area contributed by atoms with Crippen molar-refractivity contribution >= 4 is 5.82 Å². The van der Waals surface area contributed by atoms with E-state index in [1.807, 2.05) is 6.92 Å². The zero-order valence-corrected chi connectivity index (χ0v) is 16.4.